The van der Waals surface area contributed by atoms with Crippen molar-refractivity contribution in [3.8, 4) is 5.75 Å². The summed E-state index contributed by atoms with van der Waals surface area (Å²) in [5, 5.41) is 3.24. The number of ether oxygens (including phenoxy) is 2. The SMILES string of the molecule is CCOC(=O)c1ccc(OCC(=O)Nc2c(C)cc(C)cc2Cl)cc1. The number of carbonyl (C=O) groups is 2. The Morgan fingerprint density at radius 3 is 2.40 bits per heavy atom. The Morgan fingerprint density at radius 1 is 1.12 bits per heavy atom. The van der Waals surface area contributed by atoms with Crippen LogP contribution in [0.4, 0.5) is 5.69 Å². The highest BCUT2D eigenvalue weighted by Gasteiger charge is 2.11. The van der Waals surface area contributed by atoms with Crippen molar-refractivity contribution in [2.24, 2.45) is 0 Å². The number of anilines is 1. The maximum atomic E-state index is 12.1. The number of esters is 1. The molecule has 25 heavy (non-hydrogen) atoms. The van der Waals surface area contributed by atoms with E-state index in [1.54, 1.807) is 37.3 Å². The van der Waals surface area contributed by atoms with Crippen molar-refractivity contribution in [3.05, 3.63) is 58.1 Å². The molecule has 0 saturated carbocycles. The van der Waals surface area contributed by atoms with Gasteiger partial charge in [-0.25, -0.2) is 4.79 Å². The van der Waals surface area contributed by atoms with Crippen LogP contribution >= 0.6 is 11.6 Å². The zero-order valence-electron chi connectivity index (χ0n) is 14.4. The van der Waals surface area contributed by atoms with Crippen LogP contribution in [0.5, 0.6) is 5.75 Å². The Balaban J connectivity index is 1.93. The van der Waals surface area contributed by atoms with Gasteiger partial charge < -0.3 is 14.8 Å². The van der Waals surface area contributed by atoms with Gasteiger partial charge in [-0.15, -0.1) is 0 Å². The van der Waals surface area contributed by atoms with Gasteiger partial charge >= 0.3 is 5.97 Å². The van der Waals surface area contributed by atoms with E-state index in [2.05, 4.69) is 5.32 Å². The second-order valence-electron chi connectivity index (χ2n) is 5.52. The number of hydrogen-bond acceptors (Lipinski definition) is 4. The summed E-state index contributed by atoms with van der Waals surface area (Å²) in [5.74, 6) is -0.227. The molecule has 2 rings (SSSR count). The molecule has 0 saturated heterocycles. The fourth-order valence-electron chi connectivity index (χ4n) is 2.30. The molecule has 0 atom stereocenters. The van der Waals surface area contributed by atoms with Gasteiger partial charge in [0.1, 0.15) is 5.75 Å². The van der Waals surface area contributed by atoms with Crippen LogP contribution in [0.1, 0.15) is 28.4 Å². The summed E-state index contributed by atoms with van der Waals surface area (Å²) in [5.41, 5.74) is 2.93. The Kier molecular flexibility index (Phi) is 6.42. The quantitative estimate of drug-likeness (QED) is 0.785. The van der Waals surface area contributed by atoms with Gasteiger partial charge in [0.2, 0.25) is 0 Å². The summed E-state index contributed by atoms with van der Waals surface area (Å²) in [6.45, 7) is 5.72. The van der Waals surface area contributed by atoms with Gasteiger partial charge in [-0.3, -0.25) is 4.79 Å². The van der Waals surface area contributed by atoms with Crippen LogP contribution in [0, 0.1) is 13.8 Å². The van der Waals surface area contributed by atoms with E-state index in [-0.39, 0.29) is 12.5 Å². The molecule has 0 radical (unpaired) electrons. The zero-order chi connectivity index (χ0) is 18.4. The van der Waals surface area contributed by atoms with Crippen LogP contribution in [0.25, 0.3) is 0 Å². The first-order valence-corrected chi connectivity index (χ1v) is 8.25. The molecule has 5 nitrogen and oxygen atoms in total. The second kappa shape index (κ2) is 8.53. The van der Waals surface area contributed by atoms with Crippen LogP contribution in [0.2, 0.25) is 5.02 Å². The maximum absolute atomic E-state index is 12.1. The summed E-state index contributed by atoms with van der Waals surface area (Å²) >= 11 is 6.17. The van der Waals surface area contributed by atoms with Crippen molar-refractivity contribution in [1.29, 1.82) is 0 Å². The lowest BCUT2D eigenvalue weighted by Crippen LogP contribution is -2.21. The second-order valence-corrected chi connectivity index (χ2v) is 5.93. The Labute approximate surface area is 151 Å². The summed E-state index contributed by atoms with van der Waals surface area (Å²) < 4.78 is 10.3. The van der Waals surface area contributed by atoms with Crippen molar-refractivity contribution in [1.82, 2.24) is 0 Å². The maximum Gasteiger partial charge on any atom is 0.338 e. The lowest BCUT2D eigenvalue weighted by molar-refractivity contribution is -0.118. The molecule has 0 aliphatic rings. The molecule has 0 aliphatic carbocycles. The third kappa shape index (κ3) is 5.22. The van der Waals surface area contributed by atoms with Gasteiger partial charge in [-0.2, -0.15) is 0 Å². The molecule has 0 aliphatic heterocycles. The molecule has 0 aromatic heterocycles. The summed E-state index contributed by atoms with van der Waals surface area (Å²) in [6.07, 6.45) is 0. The standard InChI is InChI=1S/C19H20ClNO4/c1-4-24-19(23)14-5-7-15(8-6-14)25-11-17(22)21-18-13(3)9-12(2)10-16(18)20/h5-10H,4,11H2,1-3H3,(H,21,22). The lowest BCUT2D eigenvalue weighted by atomic mass is 10.1. The Hall–Kier alpha value is -2.53. The lowest BCUT2D eigenvalue weighted by Gasteiger charge is -2.12. The van der Waals surface area contributed by atoms with Gasteiger partial charge in [0.15, 0.2) is 6.61 Å². The first-order chi connectivity index (χ1) is 11.9. The molecular formula is C19H20ClNO4. The normalized spacial score (nSPS) is 10.2. The van der Waals surface area contributed by atoms with Crippen molar-refractivity contribution in [2.45, 2.75) is 20.8 Å². The minimum atomic E-state index is -0.392. The van der Waals surface area contributed by atoms with Gasteiger partial charge in [0.25, 0.3) is 5.91 Å². The number of amides is 1. The average Bonchev–Trinajstić information content (AvgIpc) is 2.57. The number of aryl methyl sites for hydroxylation is 2. The summed E-state index contributed by atoms with van der Waals surface area (Å²) in [6, 6.07) is 10.1. The van der Waals surface area contributed by atoms with Crippen LogP contribution in [0.3, 0.4) is 0 Å². The van der Waals surface area contributed by atoms with Gasteiger partial charge in [-0.05, 0) is 62.2 Å². The average molecular weight is 362 g/mol. The number of nitrogens with one attached hydrogen (secondary N) is 1. The van der Waals surface area contributed by atoms with Gasteiger partial charge in [0.05, 0.1) is 22.9 Å². The molecule has 0 fully saturated rings. The number of rotatable bonds is 6. The molecule has 0 unspecified atom stereocenters. The predicted octanol–water partition coefficient (Wildman–Crippen LogP) is 4.15. The van der Waals surface area contributed by atoms with E-state index in [1.807, 2.05) is 19.9 Å². The first kappa shape index (κ1) is 18.8. The summed E-state index contributed by atoms with van der Waals surface area (Å²) in [4.78, 5) is 23.6. The van der Waals surface area contributed by atoms with E-state index in [9.17, 15) is 9.59 Å². The largest absolute Gasteiger partial charge is 0.484 e. The van der Waals surface area contributed by atoms with Crippen molar-refractivity contribution < 1.29 is 19.1 Å². The van der Waals surface area contributed by atoms with E-state index >= 15 is 0 Å². The fraction of sp³-hybridized carbons (Fsp3) is 0.263. The molecule has 1 N–H and O–H groups in total. The fourth-order valence-corrected chi connectivity index (χ4v) is 2.67. The van der Waals surface area contributed by atoms with Crippen molar-refractivity contribution in [3.63, 3.8) is 0 Å². The minimum absolute atomic E-state index is 0.164. The highest BCUT2D eigenvalue weighted by molar-refractivity contribution is 6.34. The zero-order valence-corrected chi connectivity index (χ0v) is 15.1. The topological polar surface area (TPSA) is 64.6 Å². The molecule has 2 aromatic rings. The monoisotopic (exact) mass is 361 g/mol. The molecule has 1 amide bonds. The number of carbonyl (C=O) groups excluding carboxylic acids is 2. The predicted molar refractivity (Wildman–Crippen MR) is 97.4 cm³/mol. The van der Waals surface area contributed by atoms with Crippen LogP contribution in [-0.2, 0) is 9.53 Å². The Morgan fingerprint density at radius 2 is 1.80 bits per heavy atom. The van der Waals surface area contributed by atoms with Gasteiger partial charge in [-0.1, -0.05) is 17.7 Å². The molecule has 0 heterocycles. The molecule has 132 valence electrons. The third-order valence-corrected chi connectivity index (χ3v) is 3.73. The Bertz CT molecular complexity index is 748. The molecular weight excluding hydrogens is 342 g/mol. The van der Waals surface area contributed by atoms with Crippen molar-refractivity contribution >= 4 is 29.2 Å². The number of hydrogen-bond donors (Lipinski definition) is 1. The first-order valence-electron chi connectivity index (χ1n) is 7.87. The van der Waals surface area contributed by atoms with Crippen LogP contribution in [-0.4, -0.2) is 25.1 Å². The third-order valence-electron chi connectivity index (χ3n) is 3.43. The highest BCUT2D eigenvalue weighted by Crippen LogP contribution is 2.27. The van der Waals surface area contributed by atoms with E-state index in [4.69, 9.17) is 21.1 Å². The molecule has 0 bridgehead atoms. The molecule has 2 aromatic carbocycles. The van der Waals surface area contributed by atoms with E-state index < -0.39 is 5.97 Å². The minimum Gasteiger partial charge on any atom is -0.484 e. The van der Waals surface area contributed by atoms with Crippen LogP contribution < -0.4 is 10.1 Å². The number of benzene rings is 2. The van der Waals surface area contributed by atoms with Crippen LogP contribution in [0.15, 0.2) is 36.4 Å². The number of halogens is 1. The summed E-state index contributed by atoms with van der Waals surface area (Å²) in [7, 11) is 0. The highest BCUT2D eigenvalue weighted by atomic mass is 35.5. The van der Waals surface area contributed by atoms with E-state index in [1.165, 1.54) is 0 Å². The van der Waals surface area contributed by atoms with E-state index in [0.717, 1.165) is 11.1 Å². The smallest absolute Gasteiger partial charge is 0.338 e. The molecule has 6 heteroatoms. The van der Waals surface area contributed by atoms with E-state index in [0.29, 0.717) is 28.6 Å². The molecule has 0 spiro atoms. The van der Waals surface area contributed by atoms with Gasteiger partial charge in [0, 0.05) is 0 Å². The van der Waals surface area contributed by atoms with Crippen molar-refractivity contribution in [2.75, 3.05) is 18.5 Å².